The van der Waals surface area contributed by atoms with E-state index in [9.17, 15) is 13.2 Å². The van der Waals surface area contributed by atoms with Gasteiger partial charge in [0.1, 0.15) is 0 Å². The van der Waals surface area contributed by atoms with E-state index in [0.717, 1.165) is 0 Å². The summed E-state index contributed by atoms with van der Waals surface area (Å²) in [6, 6.07) is 1.34. The fraction of sp³-hybridized carbons (Fsp3) is 0.667. The Morgan fingerprint density at radius 3 is 2.87 bits per heavy atom. The molecule has 2 heterocycles. The van der Waals surface area contributed by atoms with Crippen molar-refractivity contribution in [2.75, 3.05) is 0 Å². The Bertz CT molecular complexity index is 359. The van der Waals surface area contributed by atoms with Crippen molar-refractivity contribution in [3.63, 3.8) is 0 Å². The minimum Gasteiger partial charge on any atom is -0.390 e. The molecule has 15 heavy (non-hydrogen) atoms. The van der Waals surface area contributed by atoms with Crippen molar-refractivity contribution >= 4 is 0 Å². The van der Waals surface area contributed by atoms with Crippen LogP contribution in [-0.2, 0) is 13.2 Å². The van der Waals surface area contributed by atoms with Gasteiger partial charge < -0.3 is 5.11 Å². The smallest absolute Gasteiger partial charge is 0.390 e. The maximum Gasteiger partial charge on any atom is 0.397 e. The van der Waals surface area contributed by atoms with Gasteiger partial charge >= 0.3 is 6.18 Å². The van der Waals surface area contributed by atoms with Gasteiger partial charge in [-0.1, -0.05) is 0 Å². The molecule has 1 atom stereocenters. The van der Waals surface area contributed by atoms with Gasteiger partial charge in [0.2, 0.25) is 0 Å². The van der Waals surface area contributed by atoms with E-state index in [1.165, 1.54) is 10.7 Å². The van der Waals surface area contributed by atoms with Crippen LogP contribution in [0.25, 0.3) is 0 Å². The molecule has 0 saturated heterocycles. The molecule has 0 bridgehead atoms. The van der Waals surface area contributed by atoms with Gasteiger partial charge in [-0.3, -0.25) is 4.68 Å². The van der Waals surface area contributed by atoms with Crippen molar-refractivity contribution in [3.8, 4) is 0 Å². The quantitative estimate of drug-likeness (QED) is 0.783. The van der Waals surface area contributed by atoms with E-state index in [1.807, 2.05) is 0 Å². The maximum atomic E-state index is 12.6. The summed E-state index contributed by atoms with van der Waals surface area (Å²) in [5, 5.41) is 12.7. The molecule has 0 amide bonds. The first-order valence-corrected chi connectivity index (χ1v) is 4.76. The molecule has 0 spiro atoms. The van der Waals surface area contributed by atoms with Crippen molar-refractivity contribution in [3.05, 3.63) is 17.5 Å². The summed E-state index contributed by atoms with van der Waals surface area (Å²) >= 11 is 0. The molecule has 0 aliphatic carbocycles. The number of alkyl halides is 3. The average molecular weight is 220 g/mol. The fourth-order valence-corrected chi connectivity index (χ4v) is 1.95. The Morgan fingerprint density at radius 1 is 1.53 bits per heavy atom. The molecule has 0 saturated carbocycles. The van der Waals surface area contributed by atoms with Crippen molar-refractivity contribution in [1.29, 1.82) is 0 Å². The number of aromatic nitrogens is 2. The summed E-state index contributed by atoms with van der Waals surface area (Å²) in [6.07, 6.45) is -3.63. The number of aryl methyl sites for hydroxylation is 1. The molecule has 1 aliphatic heterocycles. The second kappa shape index (κ2) is 3.52. The summed E-state index contributed by atoms with van der Waals surface area (Å²) in [5.41, 5.74) is 0.485. The fourth-order valence-electron chi connectivity index (χ4n) is 1.95. The van der Waals surface area contributed by atoms with E-state index in [2.05, 4.69) is 5.10 Å². The summed E-state index contributed by atoms with van der Waals surface area (Å²) < 4.78 is 39.2. The monoisotopic (exact) mass is 220 g/mol. The SMILES string of the molecule is OCc1cc2n(n1)CCCC2C(F)(F)F. The van der Waals surface area contributed by atoms with Crippen LogP contribution >= 0.6 is 0 Å². The van der Waals surface area contributed by atoms with Gasteiger partial charge in [-0.2, -0.15) is 18.3 Å². The number of hydrogen-bond acceptors (Lipinski definition) is 2. The number of nitrogens with zero attached hydrogens (tertiary/aromatic N) is 2. The topological polar surface area (TPSA) is 38.0 Å². The van der Waals surface area contributed by atoms with Crippen LogP contribution in [0.5, 0.6) is 0 Å². The molecule has 1 unspecified atom stereocenters. The van der Waals surface area contributed by atoms with E-state index in [1.54, 1.807) is 0 Å². The van der Waals surface area contributed by atoms with E-state index in [4.69, 9.17) is 5.11 Å². The normalized spacial score (nSPS) is 21.5. The standard InChI is InChI=1S/C9H11F3N2O/c10-9(11,12)7-2-1-3-14-8(7)4-6(5-15)13-14/h4,7,15H,1-3,5H2. The van der Waals surface area contributed by atoms with E-state index in [-0.39, 0.29) is 18.7 Å². The summed E-state index contributed by atoms with van der Waals surface area (Å²) in [6.45, 7) is 0.187. The van der Waals surface area contributed by atoms with Crippen molar-refractivity contribution < 1.29 is 18.3 Å². The molecule has 0 radical (unpaired) electrons. The Kier molecular flexibility index (Phi) is 2.46. The van der Waals surface area contributed by atoms with Gasteiger partial charge in [-0.05, 0) is 18.9 Å². The molecule has 1 aromatic rings. The highest BCUT2D eigenvalue weighted by molar-refractivity contribution is 5.17. The highest BCUT2D eigenvalue weighted by atomic mass is 19.4. The largest absolute Gasteiger partial charge is 0.397 e. The number of aliphatic hydroxyl groups is 1. The van der Waals surface area contributed by atoms with E-state index < -0.39 is 12.1 Å². The predicted molar refractivity (Wildman–Crippen MR) is 46.2 cm³/mol. The number of hydrogen-bond donors (Lipinski definition) is 1. The third kappa shape index (κ3) is 1.86. The highest BCUT2D eigenvalue weighted by Gasteiger charge is 2.43. The maximum absolute atomic E-state index is 12.6. The Labute approximate surface area is 84.5 Å². The first-order chi connectivity index (χ1) is 7.02. The van der Waals surface area contributed by atoms with Gasteiger partial charge in [0.15, 0.2) is 0 Å². The first kappa shape index (κ1) is 10.5. The number of aliphatic hydroxyl groups excluding tert-OH is 1. The molecule has 3 nitrogen and oxygen atoms in total. The van der Waals surface area contributed by atoms with E-state index >= 15 is 0 Å². The molecule has 1 aliphatic rings. The van der Waals surface area contributed by atoms with Gasteiger partial charge in [0.25, 0.3) is 0 Å². The molecule has 84 valence electrons. The highest BCUT2D eigenvalue weighted by Crippen LogP contribution is 2.40. The second-order valence-electron chi connectivity index (χ2n) is 3.68. The molecular weight excluding hydrogens is 209 g/mol. The third-order valence-electron chi connectivity index (χ3n) is 2.64. The van der Waals surface area contributed by atoms with Gasteiger partial charge in [0, 0.05) is 6.54 Å². The summed E-state index contributed by atoms with van der Waals surface area (Å²) in [4.78, 5) is 0. The number of rotatable bonds is 1. The second-order valence-corrected chi connectivity index (χ2v) is 3.68. The van der Waals surface area contributed by atoms with Crippen LogP contribution in [0.3, 0.4) is 0 Å². The number of halogens is 3. The van der Waals surface area contributed by atoms with Crippen molar-refractivity contribution in [2.24, 2.45) is 0 Å². The minimum absolute atomic E-state index is 0.111. The van der Waals surface area contributed by atoms with Crippen LogP contribution in [0.1, 0.15) is 30.1 Å². The molecule has 2 rings (SSSR count). The molecule has 6 heteroatoms. The lowest BCUT2D eigenvalue weighted by Crippen LogP contribution is -2.27. The molecule has 0 aromatic carbocycles. The lowest BCUT2D eigenvalue weighted by molar-refractivity contribution is -0.155. The van der Waals surface area contributed by atoms with Crippen molar-refractivity contribution in [1.82, 2.24) is 9.78 Å². The van der Waals surface area contributed by atoms with Gasteiger partial charge in [-0.15, -0.1) is 0 Å². The predicted octanol–water partition coefficient (Wildman–Crippen LogP) is 1.82. The first-order valence-electron chi connectivity index (χ1n) is 4.76. The zero-order valence-corrected chi connectivity index (χ0v) is 7.96. The molecular formula is C9H11F3N2O. The summed E-state index contributed by atoms with van der Waals surface area (Å²) in [7, 11) is 0. The Balaban J connectivity index is 2.37. The molecule has 1 aromatic heterocycles. The lowest BCUT2D eigenvalue weighted by Gasteiger charge is -2.25. The minimum atomic E-state index is -4.22. The summed E-state index contributed by atoms with van der Waals surface area (Å²) in [5.74, 6) is -1.43. The zero-order valence-electron chi connectivity index (χ0n) is 7.96. The van der Waals surface area contributed by atoms with Gasteiger partial charge in [-0.25, -0.2) is 0 Å². The molecule has 1 N–H and O–H groups in total. The van der Waals surface area contributed by atoms with Crippen molar-refractivity contribution in [2.45, 2.75) is 38.1 Å². The Morgan fingerprint density at radius 2 is 2.27 bits per heavy atom. The lowest BCUT2D eigenvalue weighted by atomic mass is 9.95. The third-order valence-corrected chi connectivity index (χ3v) is 2.64. The van der Waals surface area contributed by atoms with Crippen LogP contribution in [0, 0.1) is 0 Å². The van der Waals surface area contributed by atoms with Crippen LogP contribution in [0.4, 0.5) is 13.2 Å². The average Bonchev–Trinajstić information content (AvgIpc) is 2.57. The van der Waals surface area contributed by atoms with E-state index in [0.29, 0.717) is 18.7 Å². The Hall–Kier alpha value is -1.04. The van der Waals surface area contributed by atoms with Crippen LogP contribution in [0.2, 0.25) is 0 Å². The molecule has 0 fully saturated rings. The van der Waals surface area contributed by atoms with Crippen LogP contribution in [0.15, 0.2) is 6.07 Å². The zero-order chi connectivity index (χ0) is 11.1. The van der Waals surface area contributed by atoms with Crippen LogP contribution in [-0.4, -0.2) is 21.1 Å². The number of fused-ring (bicyclic) bond motifs is 1. The van der Waals surface area contributed by atoms with Crippen LogP contribution < -0.4 is 0 Å². The van der Waals surface area contributed by atoms with Gasteiger partial charge in [0.05, 0.1) is 23.9 Å².